The smallest absolute Gasteiger partial charge is 0.221 e. The highest BCUT2D eigenvalue weighted by Gasteiger charge is 2.21. The van der Waals surface area contributed by atoms with Crippen LogP contribution in [0.25, 0.3) is 22.3 Å². The van der Waals surface area contributed by atoms with Gasteiger partial charge in [-0.05, 0) is 19.1 Å². The van der Waals surface area contributed by atoms with Crippen molar-refractivity contribution in [3.8, 4) is 0 Å². The van der Waals surface area contributed by atoms with Crippen LogP contribution in [0.3, 0.4) is 0 Å². The van der Waals surface area contributed by atoms with Gasteiger partial charge >= 0.3 is 0 Å². The summed E-state index contributed by atoms with van der Waals surface area (Å²) in [6.45, 7) is 4.24. The number of aromatic amines is 1. The highest BCUT2D eigenvalue weighted by Crippen LogP contribution is 2.20. The van der Waals surface area contributed by atoms with Gasteiger partial charge in [-0.3, -0.25) is 10.1 Å². The minimum Gasteiger partial charge on any atom is -0.297 e. The molecule has 0 fully saturated rings. The minimum atomic E-state index is 0.132. The lowest BCUT2D eigenvalue weighted by Crippen LogP contribution is -2.17. The summed E-state index contributed by atoms with van der Waals surface area (Å²) >= 11 is 0. The Hall–Kier alpha value is -3.43. The number of aromatic nitrogens is 8. The predicted molar refractivity (Wildman–Crippen MR) is 94.6 cm³/mol. The van der Waals surface area contributed by atoms with Crippen molar-refractivity contribution in [2.75, 3.05) is 13.1 Å². The summed E-state index contributed by atoms with van der Waals surface area (Å²) in [6, 6.07) is 3.86. The molecule has 4 aromatic heterocycles. The van der Waals surface area contributed by atoms with Crippen LogP contribution in [-0.2, 0) is 6.54 Å². The molecule has 0 spiro atoms. The summed E-state index contributed by atoms with van der Waals surface area (Å²) in [5, 5.41) is 22.9. The van der Waals surface area contributed by atoms with Crippen LogP contribution in [0.1, 0.15) is 24.2 Å². The van der Waals surface area contributed by atoms with E-state index in [1.165, 1.54) is 0 Å². The molecule has 1 aliphatic heterocycles. The molecular formula is C16H16N10. The van der Waals surface area contributed by atoms with Crippen molar-refractivity contribution in [1.82, 2.24) is 45.2 Å². The van der Waals surface area contributed by atoms with Gasteiger partial charge in [-0.2, -0.15) is 10.2 Å². The lowest BCUT2D eigenvalue weighted by atomic mass is 10.1. The van der Waals surface area contributed by atoms with Crippen LogP contribution in [0.5, 0.6) is 0 Å². The van der Waals surface area contributed by atoms with Gasteiger partial charge < -0.3 is 0 Å². The molecule has 0 radical (unpaired) electrons. The normalized spacial score (nSPS) is 17.0. The molecule has 1 atom stereocenters. The van der Waals surface area contributed by atoms with Gasteiger partial charge in [0.2, 0.25) is 5.65 Å². The molecule has 1 N–H and O–H groups in total. The number of nitrogens with one attached hydrogen (secondary N) is 1. The minimum absolute atomic E-state index is 0.132. The van der Waals surface area contributed by atoms with E-state index in [0.717, 1.165) is 29.9 Å². The molecular weight excluding hydrogens is 332 g/mol. The zero-order chi connectivity index (χ0) is 17.5. The van der Waals surface area contributed by atoms with Crippen molar-refractivity contribution in [2.45, 2.75) is 19.4 Å². The number of nitrogens with zero attached hydrogens (tertiary/aromatic N) is 9. The standard InChI is InChI=1S/C16H16N10/c1-2-25-8-10(6-19-25)12-7-18-15-16(20-12)26(24-23-15)9-13-11-4-3-5-17-14(11)22-21-13/h3-7,10H,2,8-9H2,1H3,(H,17,21,22). The molecule has 4 aromatic rings. The molecule has 10 heteroatoms. The Bertz CT molecular complexity index is 1110. The molecule has 0 bridgehead atoms. The van der Waals surface area contributed by atoms with E-state index in [0.29, 0.717) is 23.5 Å². The Morgan fingerprint density at radius 2 is 2.23 bits per heavy atom. The van der Waals surface area contributed by atoms with E-state index in [1.54, 1.807) is 17.1 Å². The topological polar surface area (TPSA) is 114 Å². The second-order valence-electron chi connectivity index (χ2n) is 6.14. The van der Waals surface area contributed by atoms with E-state index in [2.05, 4.69) is 42.5 Å². The highest BCUT2D eigenvalue weighted by atomic mass is 15.5. The van der Waals surface area contributed by atoms with Crippen LogP contribution >= 0.6 is 0 Å². The summed E-state index contributed by atoms with van der Waals surface area (Å²) < 4.78 is 1.73. The third kappa shape index (κ3) is 2.38. The SMILES string of the molecule is CCN1CC(c2cnc3nnn(Cc4[nH]nc5ncccc45)c3n2)C=N1. The van der Waals surface area contributed by atoms with Gasteiger partial charge in [0.1, 0.15) is 0 Å². The van der Waals surface area contributed by atoms with Crippen LogP contribution in [-0.4, -0.2) is 64.5 Å². The number of likely N-dealkylation sites (N-methyl/N-ethyl adjacent to an activating group) is 1. The fourth-order valence-corrected chi connectivity index (χ4v) is 3.10. The third-order valence-corrected chi connectivity index (χ3v) is 4.52. The Kier molecular flexibility index (Phi) is 3.33. The summed E-state index contributed by atoms with van der Waals surface area (Å²) in [7, 11) is 0. The number of rotatable bonds is 4. The van der Waals surface area contributed by atoms with E-state index < -0.39 is 0 Å². The Labute approximate surface area is 148 Å². The van der Waals surface area contributed by atoms with Crippen molar-refractivity contribution in [3.05, 3.63) is 35.9 Å². The van der Waals surface area contributed by atoms with Gasteiger partial charge in [-0.25, -0.2) is 19.6 Å². The van der Waals surface area contributed by atoms with Gasteiger partial charge in [-0.1, -0.05) is 5.21 Å². The van der Waals surface area contributed by atoms with Crippen molar-refractivity contribution >= 4 is 28.5 Å². The number of pyridine rings is 1. The molecule has 0 aromatic carbocycles. The molecule has 0 amide bonds. The first-order valence-electron chi connectivity index (χ1n) is 8.45. The zero-order valence-electron chi connectivity index (χ0n) is 14.1. The van der Waals surface area contributed by atoms with E-state index in [9.17, 15) is 0 Å². The van der Waals surface area contributed by atoms with Crippen LogP contribution in [0, 0.1) is 0 Å². The van der Waals surface area contributed by atoms with E-state index in [1.807, 2.05) is 23.4 Å². The van der Waals surface area contributed by atoms with Crippen LogP contribution in [0.15, 0.2) is 29.6 Å². The predicted octanol–water partition coefficient (Wildman–Crippen LogP) is 0.946. The maximum Gasteiger partial charge on any atom is 0.221 e. The molecule has 0 saturated heterocycles. The molecule has 5 rings (SSSR count). The highest BCUT2D eigenvalue weighted by molar-refractivity contribution is 5.77. The number of hydrogen-bond donors (Lipinski definition) is 1. The van der Waals surface area contributed by atoms with Gasteiger partial charge in [0, 0.05) is 30.9 Å². The van der Waals surface area contributed by atoms with Crippen molar-refractivity contribution < 1.29 is 0 Å². The molecule has 1 aliphatic rings. The fraction of sp³-hybridized carbons (Fsp3) is 0.312. The summed E-state index contributed by atoms with van der Waals surface area (Å²) in [5.74, 6) is 0.132. The first kappa shape index (κ1) is 14.9. The van der Waals surface area contributed by atoms with Gasteiger partial charge in [0.15, 0.2) is 11.3 Å². The molecule has 10 nitrogen and oxygen atoms in total. The van der Waals surface area contributed by atoms with Gasteiger partial charge in [0.05, 0.1) is 30.0 Å². The van der Waals surface area contributed by atoms with Gasteiger partial charge in [0.25, 0.3) is 0 Å². The summed E-state index contributed by atoms with van der Waals surface area (Å²) in [4.78, 5) is 13.4. The molecule has 0 saturated carbocycles. The average Bonchev–Trinajstić information content (AvgIpc) is 3.41. The van der Waals surface area contributed by atoms with Crippen LogP contribution in [0.2, 0.25) is 0 Å². The number of hydrazone groups is 1. The molecule has 1 unspecified atom stereocenters. The quantitative estimate of drug-likeness (QED) is 0.584. The number of fused-ring (bicyclic) bond motifs is 2. The lowest BCUT2D eigenvalue weighted by Gasteiger charge is -2.12. The van der Waals surface area contributed by atoms with Crippen LogP contribution in [0.4, 0.5) is 0 Å². The molecule has 0 aliphatic carbocycles. The van der Waals surface area contributed by atoms with Crippen LogP contribution < -0.4 is 0 Å². The first-order valence-corrected chi connectivity index (χ1v) is 8.45. The molecule has 130 valence electrons. The van der Waals surface area contributed by atoms with E-state index in [4.69, 9.17) is 4.98 Å². The van der Waals surface area contributed by atoms with Crippen molar-refractivity contribution in [3.63, 3.8) is 0 Å². The second-order valence-corrected chi connectivity index (χ2v) is 6.14. The number of H-pyrrole nitrogens is 1. The summed E-state index contributed by atoms with van der Waals surface area (Å²) in [5.41, 5.74) is 3.64. The lowest BCUT2D eigenvalue weighted by molar-refractivity contribution is 0.326. The Balaban J connectivity index is 1.50. The van der Waals surface area contributed by atoms with Crippen molar-refractivity contribution in [2.24, 2.45) is 5.10 Å². The zero-order valence-corrected chi connectivity index (χ0v) is 14.1. The Morgan fingerprint density at radius 3 is 3.12 bits per heavy atom. The molecule has 5 heterocycles. The maximum absolute atomic E-state index is 4.75. The third-order valence-electron chi connectivity index (χ3n) is 4.52. The first-order chi connectivity index (χ1) is 12.8. The number of hydrogen-bond acceptors (Lipinski definition) is 8. The molecule has 26 heavy (non-hydrogen) atoms. The Morgan fingerprint density at radius 1 is 1.27 bits per heavy atom. The van der Waals surface area contributed by atoms with Gasteiger partial charge in [-0.15, -0.1) is 5.10 Å². The van der Waals surface area contributed by atoms with E-state index in [-0.39, 0.29) is 5.92 Å². The largest absolute Gasteiger partial charge is 0.297 e. The summed E-state index contributed by atoms with van der Waals surface area (Å²) in [6.07, 6.45) is 5.40. The fourth-order valence-electron chi connectivity index (χ4n) is 3.10. The van der Waals surface area contributed by atoms with E-state index >= 15 is 0 Å². The monoisotopic (exact) mass is 348 g/mol. The van der Waals surface area contributed by atoms with Crippen molar-refractivity contribution in [1.29, 1.82) is 0 Å². The average molecular weight is 348 g/mol. The second kappa shape index (κ2) is 5.83. The maximum atomic E-state index is 4.75.